The zero-order valence-electron chi connectivity index (χ0n) is 8.70. The number of aromatic nitrogens is 2. The number of rotatable bonds is 3. The zero-order valence-corrected chi connectivity index (χ0v) is 8.70. The summed E-state index contributed by atoms with van der Waals surface area (Å²) in [6, 6.07) is 5.39. The number of halogens is 1. The first kappa shape index (κ1) is 9.39. The van der Waals surface area contributed by atoms with E-state index in [2.05, 4.69) is 15.3 Å². The molecule has 2 N–H and O–H groups in total. The molecule has 0 spiro atoms. The molecule has 0 unspecified atom stereocenters. The Labute approximate surface area is 92.7 Å². The third-order valence-electron chi connectivity index (χ3n) is 2.81. The maximum atomic E-state index is 13.7. The first-order valence-corrected chi connectivity index (χ1v) is 5.38. The molecule has 0 atom stereocenters. The highest BCUT2D eigenvalue weighted by Gasteiger charge is 2.24. The molecular weight excluding hydrogens is 205 g/mol. The van der Waals surface area contributed by atoms with Gasteiger partial charge in [0.05, 0.1) is 18.2 Å². The number of aromatic amines is 1. The Bertz CT molecular complexity index is 489. The van der Waals surface area contributed by atoms with Crippen LogP contribution in [0.2, 0.25) is 0 Å². The normalized spacial score (nSPS) is 15.1. The summed E-state index contributed by atoms with van der Waals surface area (Å²) in [6.07, 6.45) is 5.55. The van der Waals surface area contributed by atoms with Crippen LogP contribution in [0.5, 0.6) is 0 Å². The van der Waals surface area contributed by atoms with Crippen LogP contribution < -0.4 is 5.32 Å². The molecule has 1 aromatic heterocycles. The van der Waals surface area contributed by atoms with E-state index in [1.807, 2.05) is 6.07 Å². The summed E-state index contributed by atoms with van der Waals surface area (Å²) in [5.41, 5.74) is 1.58. The van der Waals surface area contributed by atoms with Crippen molar-refractivity contribution < 1.29 is 4.39 Å². The number of nitrogens with zero attached hydrogens (tertiary/aromatic N) is 1. The van der Waals surface area contributed by atoms with Gasteiger partial charge in [-0.2, -0.15) is 0 Å². The van der Waals surface area contributed by atoms with Crippen LogP contribution in [0, 0.1) is 5.82 Å². The van der Waals surface area contributed by atoms with Gasteiger partial charge in [-0.05, 0) is 36.5 Å². The highest BCUT2D eigenvalue weighted by Crippen LogP contribution is 2.40. The van der Waals surface area contributed by atoms with Crippen LogP contribution >= 0.6 is 0 Å². The Kier molecular flexibility index (Phi) is 2.13. The van der Waals surface area contributed by atoms with E-state index in [0.29, 0.717) is 17.4 Å². The van der Waals surface area contributed by atoms with Gasteiger partial charge in [0, 0.05) is 0 Å². The lowest BCUT2D eigenvalue weighted by Gasteiger charge is -2.06. The Hall–Kier alpha value is -1.84. The minimum Gasteiger partial charge on any atom is -0.338 e. The summed E-state index contributed by atoms with van der Waals surface area (Å²) in [5, 5.41) is 2.95. The number of anilines is 2. The Morgan fingerprint density at radius 3 is 2.88 bits per heavy atom. The van der Waals surface area contributed by atoms with Crippen molar-refractivity contribution in [3.63, 3.8) is 0 Å². The molecule has 1 aliphatic rings. The summed E-state index contributed by atoms with van der Waals surface area (Å²) in [5.74, 6) is 1.06. The van der Waals surface area contributed by atoms with Gasteiger partial charge in [0.15, 0.2) is 0 Å². The number of hydrogen-bond donors (Lipinski definition) is 2. The monoisotopic (exact) mass is 217 g/mol. The van der Waals surface area contributed by atoms with Crippen LogP contribution in [0.25, 0.3) is 0 Å². The molecule has 1 aliphatic carbocycles. The Morgan fingerprint density at radius 2 is 2.25 bits per heavy atom. The fourth-order valence-corrected chi connectivity index (χ4v) is 1.77. The van der Waals surface area contributed by atoms with Crippen LogP contribution in [0.4, 0.5) is 15.9 Å². The minimum absolute atomic E-state index is 0.209. The molecule has 1 aromatic carbocycles. The smallest absolute Gasteiger partial charge is 0.146 e. The molecule has 0 radical (unpaired) electrons. The second-order valence-electron chi connectivity index (χ2n) is 4.10. The van der Waals surface area contributed by atoms with Crippen molar-refractivity contribution in [3.05, 3.63) is 42.1 Å². The predicted octanol–water partition coefficient (Wildman–Crippen LogP) is 3.17. The number of nitrogens with one attached hydrogen (secondary N) is 2. The standard InChI is InChI=1S/C12H12FN3/c13-10-5-9(8-1-2-8)3-4-11(10)16-12-6-14-7-15-12/h3-8,16H,1-2H2,(H,14,15). The minimum atomic E-state index is -0.209. The van der Waals surface area contributed by atoms with Gasteiger partial charge in [-0.15, -0.1) is 0 Å². The predicted molar refractivity (Wildman–Crippen MR) is 60.2 cm³/mol. The SMILES string of the molecule is Fc1cc(C2CC2)ccc1Nc1cnc[nH]1. The average Bonchev–Trinajstić information content (AvgIpc) is 3.01. The summed E-state index contributed by atoms with van der Waals surface area (Å²) < 4.78 is 13.7. The molecule has 0 amide bonds. The maximum Gasteiger partial charge on any atom is 0.146 e. The van der Waals surface area contributed by atoms with Gasteiger partial charge in [0.2, 0.25) is 0 Å². The number of H-pyrrole nitrogens is 1. The topological polar surface area (TPSA) is 40.7 Å². The van der Waals surface area contributed by atoms with Gasteiger partial charge in [-0.25, -0.2) is 9.37 Å². The molecule has 0 bridgehead atoms. The van der Waals surface area contributed by atoms with Crippen molar-refractivity contribution in [2.75, 3.05) is 5.32 Å². The van der Waals surface area contributed by atoms with E-state index >= 15 is 0 Å². The quantitative estimate of drug-likeness (QED) is 0.829. The van der Waals surface area contributed by atoms with E-state index in [1.54, 1.807) is 24.7 Å². The third-order valence-corrected chi connectivity index (χ3v) is 2.81. The van der Waals surface area contributed by atoms with Gasteiger partial charge in [0.25, 0.3) is 0 Å². The van der Waals surface area contributed by atoms with E-state index in [0.717, 1.165) is 5.56 Å². The highest BCUT2D eigenvalue weighted by molar-refractivity contribution is 5.57. The second kappa shape index (κ2) is 3.63. The van der Waals surface area contributed by atoms with Crippen LogP contribution in [0.15, 0.2) is 30.7 Å². The van der Waals surface area contributed by atoms with Gasteiger partial charge in [0.1, 0.15) is 11.6 Å². The molecule has 1 saturated carbocycles. The van der Waals surface area contributed by atoms with Crippen LogP contribution in [0.1, 0.15) is 24.3 Å². The van der Waals surface area contributed by atoms with Crippen molar-refractivity contribution >= 4 is 11.5 Å². The van der Waals surface area contributed by atoms with Crippen molar-refractivity contribution in [3.8, 4) is 0 Å². The van der Waals surface area contributed by atoms with E-state index in [4.69, 9.17) is 0 Å². The van der Waals surface area contributed by atoms with Gasteiger partial charge < -0.3 is 10.3 Å². The third kappa shape index (κ3) is 1.78. The lowest BCUT2D eigenvalue weighted by Crippen LogP contribution is -1.94. The Balaban J connectivity index is 1.84. The first-order valence-electron chi connectivity index (χ1n) is 5.38. The van der Waals surface area contributed by atoms with Crippen LogP contribution in [-0.4, -0.2) is 9.97 Å². The number of hydrogen-bond acceptors (Lipinski definition) is 2. The molecule has 16 heavy (non-hydrogen) atoms. The number of imidazole rings is 1. The first-order chi connectivity index (χ1) is 7.83. The molecular formula is C12H12FN3. The van der Waals surface area contributed by atoms with E-state index < -0.39 is 0 Å². The van der Waals surface area contributed by atoms with E-state index in [9.17, 15) is 4.39 Å². The van der Waals surface area contributed by atoms with Crippen molar-refractivity contribution in [1.29, 1.82) is 0 Å². The van der Waals surface area contributed by atoms with Crippen LogP contribution in [-0.2, 0) is 0 Å². The fraction of sp³-hybridized carbons (Fsp3) is 0.250. The highest BCUT2D eigenvalue weighted by atomic mass is 19.1. The molecule has 1 fully saturated rings. The fourth-order valence-electron chi connectivity index (χ4n) is 1.77. The van der Waals surface area contributed by atoms with Crippen molar-refractivity contribution in [2.45, 2.75) is 18.8 Å². The average molecular weight is 217 g/mol. The van der Waals surface area contributed by atoms with E-state index in [1.165, 1.54) is 12.8 Å². The summed E-state index contributed by atoms with van der Waals surface area (Å²) >= 11 is 0. The molecule has 3 nitrogen and oxygen atoms in total. The molecule has 0 aliphatic heterocycles. The number of benzene rings is 1. The van der Waals surface area contributed by atoms with Gasteiger partial charge in [-0.1, -0.05) is 6.07 Å². The second-order valence-corrected chi connectivity index (χ2v) is 4.10. The summed E-state index contributed by atoms with van der Waals surface area (Å²) in [7, 11) is 0. The molecule has 3 rings (SSSR count). The lowest BCUT2D eigenvalue weighted by atomic mass is 10.1. The van der Waals surface area contributed by atoms with Crippen molar-refractivity contribution in [1.82, 2.24) is 9.97 Å². The molecule has 82 valence electrons. The molecule has 0 saturated heterocycles. The summed E-state index contributed by atoms with van der Waals surface area (Å²) in [4.78, 5) is 6.74. The van der Waals surface area contributed by atoms with Crippen molar-refractivity contribution in [2.24, 2.45) is 0 Å². The van der Waals surface area contributed by atoms with E-state index in [-0.39, 0.29) is 5.82 Å². The largest absolute Gasteiger partial charge is 0.338 e. The summed E-state index contributed by atoms with van der Waals surface area (Å²) in [6.45, 7) is 0. The lowest BCUT2D eigenvalue weighted by molar-refractivity contribution is 0.629. The molecule has 4 heteroatoms. The maximum absolute atomic E-state index is 13.7. The zero-order chi connectivity index (χ0) is 11.0. The molecule has 2 aromatic rings. The van der Waals surface area contributed by atoms with Gasteiger partial charge in [-0.3, -0.25) is 0 Å². The molecule has 1 heterocycles. The Morgan fingerprint density at radius 1 is 1.38 bits per heavy atom. The van der Waals surface area contributed by atoms with Gasteiger partial charge >= 0.3 is 0 Å². The van der Waals surface area contributed by atoms with Crippen LogP contribution in [0.3, 0.4) is 0 Å².